The van der Waals surface area contributed by atoms with Crippen molar-refractivity contribution in [2.24, 2.45) is 0 Å². The number of hydrogen-bond donors (Lipinski definition) is 4. The van der Waals surface area contributed by atoms with Gasteiger partial charge in [-0.1, -0.05) is 45.3 Å². The van der Waals surface area contributed by atoms with Gasteiger partial charge in [0.05, 0.1) is 14.7 Å². The predicted octanol–water partition coefficient (Wildman–Crippen LogP) is 1.94. The summed E-state index contributed by atoms with van der Waals surface area (Å²) >= 11 is 6.33. The van der Waals surface area contributed by atoms with E-state index in [1.165, 1.54) is 36.2 Å². The van der Waals surface area contributed by atoms with E-state index in [-0.39, 0.29) is 5.28 Å². The SMILES string of the molecule is CCCCC[Si](C)(C)CNc1ncnc2c1nc(Cl)n2C1OC(CO)C(O)C1O. The highest BCUT2D eigenvalue weighted by molar-refractivity contribution is 6.78. The highest BCUT2D eigenvalue weighted by atomic mass is 35.5. The van der Waals surface area contributed by atoms with E-state index in [0.717, 1.165) is 6.17 Å². The van der Waals surface area contributed by atoms with Crippen LogP contribution in [0.25, 0.3) is 11.2 Å². The molecule has 0 spiro atoms. The highest BCUT2D eigenvalue weighted by Crippen LogP contribution is 2.35. The van der Waals surface area contributed by atoms with Crippen LogP contribution >= 0.6 is 11.6 Å². The first-order valence-electron chi connectivity index (χ1n) is 10.0. The molecule has 2 aromatic rings. The molecule has 0 saturated carbocycles. The van der Waals surface area contributed by atoms with Crippen LogP contribution in [-0.2, 0) is 4.74 Å². The molecule has 1 aliphatic heterocycles. The van der Waals surface area contributed by atoms with Crippen molar-refractivity contribution in [1.29, 1.82) is 0 Å². The molecule has 4 N–H and O–H groups in total. The van der Waals surface area contributed by atoms with Gasteiger partial charge in [0.1, 0.15) is 24.6 Å². The number of anilines is 1. The standard InChI is InChI=1S/C18H30ClN5O4Si/c1-4-5-6-7-29(2,3)10-22-15-12-16(21-9-20-15)24(18(19)23-12)17-14(27)13(26)11(8-25)28-17/h9,11,13-14,17,25-27H,4-8,10H2,1-3H3,(H,20,21,22). The number of rotatable bonds is 9. The number of aromatic nitrogens is 4. The number of ether oxygens (including phenoxy) is 1. The number of nitrogens with one attached hydrogen (secondary N) is 1. The van der Waals surface area contributed by atoms with Gasteiger partial charge in [0.2, 0.25) is 5.28 Å². The summed E-state index contributed by atoms with van der Waals surface area (Å²) in [6, 6.07) is 1.24. The highest BCUT2D eigenvalue weighted by Gasteiger charge is 2.45. The van der Waals surface area contributed by atoms with E-state index in [1.54, 1.807) is 0 Å². The van der Waals surface area contributed by atoms with Crippen molar-refractivity contribution >= 4 is 36.7 Å². The molecule has 4 unspecified atom stereocenters. The van der Waals surface area contributed by atoms with Crippen LogP contribution in [0.4, 0.5) is 5.82 Å². The molecule has 162 valence electrons. The third-order valence-electron chi connectivity index (χ3n) is 5.40. The molecular formula is C18H30ClN5O4Si. The van der Waals surface area contributed by atoms with Gasteiger partial charge in [-0.2, -0.15) is 0 Å². The van der Waals surface area contributed by atoms with Gasteiger partial charge in [-0.3, -0.25) is 4.57 Å². The summed E-state index contributed by atoms with van der Waals surface area (Å²) in [6.07, 6.45) is 1.56. The number of halogens is 1. The molecule has 0 aliphatic carbocycles. The zero-order valence-electron chi connectivity index (χ0n) is 17.0. The molecule has 4 atom stereocenters. The van der Waals surface area contributed by atoms with Gasteiger partial charge in [0, 0.05) is 6.17 Å². The largest absolute Gasteiger partial charge is 0.394 e. The van der Waals surface area contributed by atoms with Crippen molar-refractivity contribution in [2.75, 3.05) is 18.1 Å². The molecule has 0 radical (unpaired) electrons. The molecule has 0 aromatic carbocycles. The Morgan fingerprint density at radius 1 is 1.24 bits per heavy atom. The van der Waals surface area contributed by atoms with E-state index in [4.69, 9.17) is 16.3 Å². The Kier molecular flexibility index (Phi) is 7.13. The molecule has 2 aromatic heterocycles. The Bertz CT molecular complexity index is 836. The Hall–Kier alpha value is -1.30. The van der Waals surface area contributed by atoms with Crippen LogP contribution in [0, 0.1) is 0 Å². The average Bonchev–Trinajstić information content (AvgIpc) is 3.16. The van der Waals surface area contributed by atoms with E-state index < -0.39 is 39.2 Å². The predicted molar refractivity (Wildman–Crippen MR) is 114 cm³/mol. The summed E-state index contributed by atoms with van der Waals surface area (Å²) in [7, 11) is -1.44. The minimum atomic E-state index is -1.44. The van der Waals surface area contributed by atoms with Gasteiger partial charge in [-0.05, 0) is 11.6 Å². The lowest BCUT2D eigenvalue weighted by Crippen LogP contribution is -2.35. The summed E-state index contributed by atoms with van der Waals surface area (Å²) in [5.41, 5.74) is 0.876. The van der Waals surface area contributed by atoms with Crippen molar-refractivity contribution in [3.63, 3.8) is 0 Å². The van der Waals surface area contributed by atoms with Crippen LogP contribution < -0.4 is 5.32 Å². The second kappa shape index (κ2) is 9.23. The normalized spacial score (nSPS) is 25.1. The number of imidazole rings is 1. The number of aliphatic hydroxyl groups is 3. The van der Waals surface area contributed by atoms with Crippen molar-refractivity contribution in [2.45, 2.75) is 69.9 Å². The van der Waals surface area contributed by atoms with E-state index in [2.05, 4.69) is 40.3 Å². The lowest BCUT2D eigenvalue weighted by molar-refractivity contribution is -0.0509. The van der Waals surface area contributed by atoms with Crippen LogP contribution in [0.1, 0.15) is 32.4 Å². The summed E-state index contributed by atoms with van der Waals surface area (Å²) < 4.78 is 7.02. The number of nitrogens with zero attached hydrogens (tertiary/aromatic N) is 4. The van der Waals surface area contributed by atoms with Crippen molar-refractivity contribution < 1.29 is 20.1 Å². The molecule has 29 heavy (non-hydrogen) atoms. The molecule has 9 nitrogen and oxygen atoms in total. The maximum absolute atomic E-state index is 10.3. The third kappa shape index (κ3) is 4.73. The third-order valence-corrected chi connectivity index (χ3v) is 8.50. The van der Waals surface area contributed by atoms with E-state index in [9.17, 15) is 15.3 Å². The Balaban J connectivity index is 1.83. The fourth-order valence-electron chi connectivity index (χ4n) is 3.60. The lowest BCUT2D eigenvalue weighted by Gasteiger charge is -2.23. The molecule has 11 heteroatoms. The summed E-state index contributed by atoms with van der Waals surface area (Å²) in [5.74, 6) is 0.582. The van der Waals surface area contributed by atoms with Crippen molar-refractivity contribution in [3.05, 3.63) is 11.6 Å². The summed E-state index contributed by atoms with van der Waals surface area (Å²) in [6.45, 7) is 6.48. The van der Waals surface area contributed by atoms with Crippen LogP contribution in [-0.4, -0.2) is 74.0 Å². The molecular weight excluding hydrogens is 414 g/mol. The number of fused-ring (bicyclic) bond motifs is 1. The van der Waals surface area contributed by atoms with Gasteiger partial charge in [-0.25, -0.2) is 15.0 Å². The molecule has 0 amide bonds. The Labute approximate surface area is 176 Å². The Morgan fingerprint density at radius 2 is 2.00 bits per heavy atom. The fourth-order valence-corrected chi connectivity index (χ4v) is 5.89. The molecule has 3 rings (SSSR count). The van der Waals surface area contributed by atoms with Crippen molar-refractivity contribution in [1.82, 2.24) is 19.5 Å². The first-order valence-corrected chi connectivity index (χ1v) is 13.8. The van der Waals surface area contributed by atoms with E-state index in [1.807, 2.05) is 0 Å². The first-order chi connectivity index (χ1) is 13.8. The van der Waals surface area contributed by atoms with Crippen LogP contribution in [0.5, 0.6) is 0 Å². The summed E-state index contributed by atoms with van der Waals surface area (Å²) in [5, 5.41) is 33.2. The summed E-state index contributed by atoms with van der Waals surface area (Å²) in [4.78, 5) is 13.0. The lowest BCUT2D eigenvalue weighted by atomic mass is 10.1. The van der Waals surface area contributed by atoms with Gasteiger partial charge >= 0.3 is 0 Å². The van der Waals surface area contributed by atoms with Gasteiger partial charge in [0.15, 0.2) is 23.2 Å². The van der Waals surface area contributed by atoms with Crippen LogP contribution in [0.3, 0.4) is 0 Å². The molecule has 1 fully saturated rings. The zero-order valence-corrected chi connectivity index (χ0v) is 18.8. The monoisotopic (exact) mass is 443 g/mol. The number of hydrogen-bond acceptors (Lipinski definition) is 8. The minimum Gasteiger partial charge on any atom is -0.394 e. The second-order valence-corrected chi connectivity index (χ2v) is 13.9. The number of aliphatic hydroxyl groups excluding tert-OH is 3. The molecule has 1 aliphatic rings. The van der Waals surface area contributed by atoms with Gasteiger partial charge < -0.3 is 25.4 Å². The Morgan fingerprint density at radius 3 is 2.66 bits per heavy atom. The zero-order chi connectivity index (χ0) is 21.2. The van der Waals surface area contributed by atoms with Gasteiger partial charge in [0.25, 0.3) is 0 Å². The first kappa shape index (κ1) is 22.4. The van der Waals surface area contributed by atoms with E-state index in [0.29, 0.717) is 17.0 Å². The second-order valence-electron chi connectivity index (χ2n) is 8.35. The van der Waals surface area contributed by atoms with Gasteiger partial charge in [-0.15, -0.1) is 0 Å². The van der Waals surface area contributed by atoms with E-state index >= 15 is 0 Å². The maximum Gasteiger partial charge on any atom is 0.207 e. The average molecular weight is 444 g/mol. The quantitative estimate of drug-likeness (QED) is 0.263. The molecule has 0 bridgehead atoms. The van der Waals surface area contributed by atoms with Crippen LogP contribution in [0.15, 0.2) is 6.33 Å². The topological polar surface area (TPSA) is 126 Å². The minimum absolute atomic E-state index is 0.0674. The molecule has 3 heterocycles. The fraction of sp³-hybridized carbons (Fsp3) is 0.722. The smallest absolute Gasteiger partial charge is 0.207 e. The van der Waals surface area contributed by atoms with Crippen LogP contribution in [0.2, 0.25) is 24.4 Å². The number of unbranched alkanes of at least 4 members (excludes halogenated alkanes) is 2. The maximum atomic E-state index is 10.3. The van der Waals surface area contributed by atoms with Crippen molar-refractivity contribution in [3.8, 4) is 0 Å². The molecule has 1 saturated heterocycles.